The molecule has 0 unspecified atom stereocenters. The molecule has 0 saturated heterocycles. The molecule has 1 atom stereocenters. The predicted octanol–water partition coefficient (Wildman–Crippen LogP) is 1.35. The van der Waals surface area contributed by atoms with Gasteiger partial charge in [-0.25, -0.2) is 0 Å². The maximum Gasteiger partial charge on any atom is 0.307 e. The van der Waals surface area contributed by atoms with Gasteiger partial charge in [-0.1, -0.05) is 18.2 Å². The van der Waals surface area contributed by atoms with Crippen LogP contribution in [0.4, 0.5) is 0 Å². The van der Waals surface area contributed by atoms with Gasteiger partial charge in [0, 0.05) is 11.6 Å². The molecule has 0 amide bonds. The lowest BCUT2D eigenvalue weighted by Gasteiger charge is -2.12. The molecule has 82 valence electrons. The van der Waals surface area contributed by atoms with E-state index in [1.807, 2.05) is 0 Å². The zero-order valence-corrected chi connectivity index (χ0v) is 8.64. The van der Waals surface area contributed by atoms with Gasteiger partial charge in [-0.05, 0) is 13.0 Å². The summed E-state index contributed by atoms with van der Waals surface area (Å²) in [5.41, 5.74) is 6.33. The first-order valence-electron chi connectivity index (χ1n) is 4.84. The lowest BCUT2D eigenvalue weighted by molar-refractivity contribution is -0.143. The largest absolute Gasteiger partial charge is 0.508 e. The van der Waals surface area contributed by atoms with Gasteiger partial charge in [-0.15, -0.1) is 0 Å². The van der Waals surface area contributed by atoms with E-state index in [-0.39, 0.29) is 18.1 Å². The van der Waals surface area contributed by atoms with E-state index < -0.39 is 6.04 Å². The number of carbonyl (C=O) groups excluding carboxylic acids is 1. The van der Waals surface area contributed by atoms with Gasteiger partial charge in [-0.2, -0.15) is 0 Å². The van der Waals surface area contributed by atoms with Crippen LogP contribution in [-0.4, -0.2) is 17.7 Å². The van der Waals surface area contributed by atoms with Crippen molar-refractivity contribution in [2.75, 3.05) is 6.61 Å². The second-order valence-corrected chi connectivity index (χ2v) is 3.17. The van der Waals surface area contributed by atoms with Crippen LogP contribution in [0.15, 0.2) is 24.3 Å². The highest BCUT2D eigenvalue weighted by molar-refractivity contribution is 5.70. The van der Waals surface area contributed by atoms with Crippen molar-refractivity contribution in [2.45, 2.75) is 19.4 Å². The molecule has 0 saturated carbocycles. The summed E-state index contributed by atoms with van der Waals surface area (Å²) in [5, 5.41) is 9.49. The third kappa shape index (κ3) is 3.25. The highest BCUT2D eigenvalue weighted by Crippen LogP contribution is 2.24. The van der Waals surface area contributed by atoms with Crippen LogP contribution in [0.25, 0.3) is 0 Å². The molecule has 4 nitrogen and oxygen atoms in total. The van der Waals surface area contributed by atoms with E-state index in [4.69, 9.17) is 10.5 Å². The summed E-state index contributed by atoms with van der Waals surface area (Å²) in [4.78, 5) is 11.2. The Kier molecular flexibility index (Phi) is 4.12. The van der Waals surface area contributed by atoms with E-state index in [9.17, 15) is 9.90 Å². The summed E-state index contributed by atoms with van der Waals surface area (Å²) in [6, 6.07) is 6.18. The first-order valence-corrected chi connectivity index (χ1v) is 4.84. The van der Waals surface area contributed by atoms with Crippen molar-refractivity contribution in [3.8, 4) is 5.75 Å². The number of benzene rings is 1. The summed E-state index contributed by atoms with van der Waals surface area (Å²) in [5.74, 6) is -0.248. The number of carbonyl (C=O) groups is 1. The third-order valence-corrected chi connectivity index (χ3v) is 2.03. The molecule has 0 aliphatic carbocycles. The van der Waals surface area contributed by atoms with Crippen LogP contribution in [0.2, 0.25) is 0 Å². The number of hydrogen-bond acceptors (Lipinski definition) is 4. The van der Waals surface area contributed by atoms with E-state index in [1.165, 1.54) is 0 Å². The van der Waals surface area contributed by atoms with Crippen LogP contribution < -0.4 is 5.73 Å². The molecular weight excluding hydrogens is 194 g/mol. The Labute approximate surface area is 88.7 Å². The lowest BCUT2D eigenvalue weighted by atomic mass is 10.0. The molecule has 0 radical (unpaired) electrons. The summed E-state index contributed by atoms with van der Waals surface area (Å²) in [6.45, 7) is 2.08. The molecular formula is C11H15NO3. The Morgan fingerprint density at radius 1 is 1.53 bits per heavy atom. The molecule has 0 aliphatic heterocycles. The monoisotopic (exact) mass is 209 g/mol. The van der Waals surface area contributed by atoms with E-state index >= 15 is 0 Å². The molecule has 1 rings (SSSR count). The van der Waals surface area contributed by atoms with Gasteiger partial charge in [0.1, 0.15) is 5.75 Å². The van der Waals surface area contributed by atoms with Crippen LogP contribution in [-0.2, 0) is 9.53 Å². The van der Waals surface area contributed by atoms with Gasteiger partial charge in [0.2, 0.25) is 0 Å². The molecule has 0 bridgehead atoms. The van der Waals surface area contributed by atoms with Crippen molar-refractivity contribution in [3.63, 3.8) is 0 Å². The van der Waals surface area contributed by atoms with Crippen LogP contribution in [0.1, 0.15) is 24.9 Å². The molecule has 0 aliphatic rings. The highest BCUT2D eigenvalue weighted by Gasteiger charge is 2.14. The SMILES string of the molecule is CCOC(=O)C[C@@H](N)c1ccccc1O. The molecule has 1 aromatic rings. The average Bonchev–Trinajstić information content (AvgIpc) is 2.18. The van der Waals surface area contributed by atoms with Crippen molar-refractivity contribution < 1.29 is 14.6 Å². The molecule has 1 aromatic carbocycles. The minimum Gasteiger partial charge on any atom is -0.508 e. The zero-order valence-electron chi connectivity index (χ0n) is 8.64. The maximum atomic E-state index is 11.2. The Morgan fingerprint density at radius 3 is 2.80 bits per heavy atom. The van der Waals surface area contributed by atoms with Crippen molar-refractivity contribution in [2.24, 2.45) is 5.73 Å². The first-order chi connectivity index (χ1) is 7.15. The van der Waals surface area contributed by atoms with E-state index in [2.05, 4.69) is 0 Å². The fraction of sp³-hybridized carbons (Fsp3) is 0.364. The molecule has 0 heterocycles. The summed E-state index contributed by atoms with van der Waals surface area (Å²) >= 11 is 0. The normalized spacial score (nSPS) is 12.1. The molecule has 0 aromatic heterocycles. The summed E-state index contributed by atoms with van der Waals surface area (Å²) in [7, 11) is 0. The maximum absolute atomic E-state index is 11.2. The average molecular weight is 209 g/mol. The van der Waals surface area contributed by atoms with Crippen molar-refractivity contribution >= 4 is 5.97 Å². The number of para-hydroxylation sites is 1. The number of rotatable bonds is 4. The van der Waals surface area contributed by atoms with Gasteiger partial charge >= 0.3 is 5.97 Å². The number of nitrogens with two attached hydrogens (primary N) is 1. The van der Waals surface area contributed by atoms with Crippen molar-refractivity contribution in [3.05, 3.63) is 29.8 Å². The van der Waals surface area contributed by atoms with Gasteiger partial charge in [-0.3, -0.25) is 4.79 Å². The molecule has 0 fully saturated rings. The highest BCUT2D eigenvalue weighted by atomic mass is 16.5. The van der Waals surface area contributed by atoms with E-state index in [1.54, 1.807) is 31.2 Å². The quantitative estimate of drug-likeness (QED) is 0.734. The molecule has 15 heavy (non-hydrogen) atoms. The second-order valence-electron chi connectivity index (χ2n) is 3.17. The number of phenolic OH excluding ortho intramolecular Hbond substituents is 1. The summed E-state index contributed by atoms with van der Waals surface area (Å²) in [6.07, 6.45) is 0.0748. The second kappa shape index (κ2) is 5.36. The number of ether oxygens (including phenoxy) is 1. The van der Waals surface area contributed by atoms with Crippen molar-refractivity contribution in [1.29, 1.82) is 0 Å². The fourth-order valence-corrected chi connectivity index (χ4v) is 1.31. The smallest absolute Gasteiger partial charge is 0.307 e. The van der Waals surface area contributed by atoms with Crippen LogP contribution >= 0.6 is 0 Å². The Morgan fingerprint density at radius 2 is 2.20 bits per heavy atom. The first kappa shape index (κ1) is 11.5. The minimum atomic E-state index is -0.523. The van der Waals surface area contributed by atoms with Gasteiger partial charge in [0.25, 0.3) is 0 Å². The van der Waals surface area contributed by atoms with Gasteiger partial charge < -0.3 is 15.6 Å². The Bertz CT molecular complexity index is 338. The van der Waals surface area contributed by atoms with Crippen LogP contribution in [0, 0.1) is 0 Å². The minimum absolute atomic E-state index is 0.0748. The van der Waals surface area contributed by atoms with Crippen LogP contribution in [0.5, 0.6) is 5.75 Å². The third-order valence-electron chi connectivity index (χ3n) is 2.03. The van der Waals surface area contributed by atoms with Gasteiger partial charge in [0.05, 0.1) is 13.0 Å². The predicted molar refractivity (Wildman–Crippen MR) is 56.3 cm³/mol. The zero-order chi connectivity index (χ0) is 11.3. The lowest BCUT2D eigenvalue weighted by Crippen LogP contribution is -2.17. The standard InChI is InChI=1S/C11H15NO3/c1-2-15-11(14)7-9(12)8-5-3-4-6-10(8)13/h3-6,9,13H,2,7,12H2,1H3/t9-/m1/s1. The number of esters is 1. The topological polar surface area (TPSA) is 72.5 Å². The van der Waals surface area contributed by atoms with Gasteiger partial charge in [0.15, 0.2) is 0 Å². The Balaban J connectivity index is 2.65. The summed E-state index contributed by atoms with van der Waals surface area (Å²) < 4.78 is 4.77. The molecule has 3 N–H and O–H groups in total. The number of hydrogen-bond donors (Lipinski definition) is 2. The van der Waals surface area contributed by atoms with E-state index in [0.29, 0.717) is 12.2 Å². The Hall–Kier alpha value is -1.55. The van der Waals surface area contributed by atoms with Crippen molar-refractivity contribution in [1.82, 2.24) is 0 Å². The number of aromatic hydroxyl groups is 1. The molecule has 4 heteroatoms. The number of phenols is 1. The van der Waals surface area contributed by atoms with E-state index in [0.717, 1.165) is 0 Å². The van der Waals surface area contributed by atoms with Crippen LogP contribution in [0.3, 0.4) is 0 Å². The fourth-order valence-electron chi connectivity index (χ4n) is 1.31. The molecule has 0 spiro atoms.